The second-order valence-corrected chi connectivity index (χ2v) is 10.3. The van der Waals surface area contributed by atoms with Gasteiger partial charge in [0.25, 0.3) is 0 Å². The van der Waals surface area contributed by atoms with Gasteiger partial charge in [0.05, 0.1) is 17.4 Å². The van der Waals surface area contributed by atoms with Gasteiger partial charge in [-0.05, 0) is 37.1 Å². The molecule has 2 aromatic rings. The van der Waals surface area contributed by atoms with Crippen LogP contribution in [0, 0.1) is 0 Å². The average Bonchev–Trinajstić information content (AvgIpc) is 2.94. The van der Waals surface area contributed by atoms with Crippen LogP contribution in [0.5, 0.6) is 0 Å². The Hall–Kier alpha value is -2.19. The van der Waals surface area contributed by atoms with Gasteiger partial charge >= 0.3 is 10.2 Å². The molecule has 1 saturated heterocycles. The van der Waals surface area contributed by atoms with Crippen molar-refractivity contribution in [3.05, 3.63) is 54.6 Å². The van der Waals surface area contributed by atoms with Crippen LogP contribution in [0.25, 0.3) is 0 Å². The lowest BCUT2D eigenvalue weighted by atomic mass is 10.0. The third-order valence-electron chi connectivity index (χ3n) is 5.53. The van der Waals surface area contributed by atoms with E-state index >= 15 is 0 Å². The van der Waals surface area contributed by atoms with Crippen LogP contribution in [0.4, 0.5) is 11.4 Å². The molecule has 0 N–H and O–H groups in total. The molecule has 0 radical (unpaired) electrons. The van der Waals surface area contributed by atoms with Crippen molar-refractivity contribution in [2.75, 3.05) is 34.5 Å². The van der Waals surface area contributed by atoms with Crippen molar-refractivity contribution in [3.63, 3.8) is 0 Å². The summed E-state index contributed by atoms with van der Waals surface area (Å²) in [5.74, 6) is 0.898. The number of carbonyl (C=O) groups is 1. The predicted molar refractivity (Wildman–Crippen MR) is 118 cm³/mol. The van der Waals surface area contributed by atoms with E-state index in [0.717, 1.165) is 11.4 Å². The Balaban J connectivity index is 1.34. The molecule has 154 valence electrons. The van der Waals surface area contributed by atoms with E-state index < -0.39 is 10.2 Å². The van der Waals surface area contributed by atoms with E-state index in [4.69, 9.17) is 0 Å². The average molecular weight is 432 g/mol. The van der Waals surface area contributed by atoms with Crippen LogP contribution >= 0.6 is 11.8 Å². The zero-order valence-corrected chi connectivity index (χ0v) is 18.0. The number of carbonyl (C=O) groups excluding carboxylic acids is 1. The minimum Gasteiger partial charge on any atom is -0.343 e. The monoisotopic (exact) mass is 431 g/mol. The molecule has 0 bridgehead atoms. The van der Waals surface area contributed by atoms with Crippen LogP contribution in [0.15, 0.2) is 59.5 Å². The highest BCUT2D eigenvalue weighted by Gasteiger charge is 2.43. The summed E-state index contributed by atoms with van der Waals surface area (Å²) >= 11 is 1.69. The quantitative estimate of drug-likeness (QED) is 0.681. The Morgan fingerprint density at radius 3 is 2.31 bits per heavy atom. The zero-order chi connectivity index (χ0) is 20.4. The molecule has 8 heteroatoms. The maximum atomic E-state index is 12.9. The molecular formula is C21H25N3O3S2. The largest absolute Gasteiger partial charge is 0.343 e. The summed E-state index contributed by atoms with van der Waals surface area (Å²) < 4.78 is 28.7. The van der Waals surface area contributed by atoms with Gasteiger partial charge in [0, 0.05) is 37.2 Å². The number of hydrogen-bond acceptors (Lipinski definition) is 4. The van der Waals surface area contributed by atoms with Crippen LogP contribution in [0.1, 0.15) is 19.3 Å². The fourth-order valence-corrected chi connectivity index (χ4v) is 6.48. The molecule has 0 atom stereocenters. The third kappa shape index (κ3) is 3.96. The topological polar surface area (TPSA) is 60.9 Å². The Morgan fingerprint density at radius 2 is 1.62 bits per heavy atom. The normalized spacial score (nSPS) is 18.7. The van der Waals surface area contributed by atoms with Gasteiger partial charge in [0.2, 0.25) is 5.91 Å². The smallest absolute Gasteiger partial charge is 0.326 e. The molecule has 29 heavy (non-hydrogen) atoms. The van der Waals surface area contributed by atoms with Crippen molar-refractivity contribution in [1.29, 1.82) is 0 Å². The molecular weight excluding hydrogens is 406 g/mol. The van der Waals surface area contributed by atoms with Gasteiger partial charge < -0.3 is 4.90 Å². The van der Waals surface area contributed by atoms with Crippen LogP contribution in [-0.4, -0.2) is 51.2 Å². The molecule has 6 nitrogen and oxygen atoms in total. The Labute approximate surface area is 176 Å². The molecule has 0 saturated carbocycles. The Morgan fingerprint density at radius 1 is 1.00 bits per heavy atom. The number of nitrogens with zero attached hydrogens (tertiary/aromatic N) is 3. The third-order valence-corrected chi connectivity index (χ3v) is 8.42. The highest BCUT2D eigenvalue weighted by atomic mass is 32.2. The number of hydrogen-bond donors (Lipinski definition) is 0. The summed E-state index contributed by atoms with van der Waals surface area (Å²) in [5.41, 5.74) is 1.45. The lowest BCUT2D eigenvalue weighted by molar-refractivity contribution is -0.131. The number of rotatable bonds is 5. The van der Waals surface area contributed by atoms with Crippen LogP contribution in [-0.2, 0) is 15.0 Å². The summed E-state index contributed by atoms with van der Waals surface area (Å²) in [5, 5.41) is 0. The van der Waals surface area contributed by atoms with Crippen LogP contribution in [0.3, 0.4) is 0 Å². The predicted octanol–water partition coefficient (Wildman–Crippen LogP) is 3.36. The van der Waals surface area contributed by atoms with Crippen molar-refractivity contribution < 1.29 is 13.2 Å². The fraction of sp³-hybridized carbons (Fsp3) is 0.381. The van der Waals surface area contributed by atoms with Crippen molar-refractivity contribution in [2.45, 2.75) is 30.2 Å². The van der Waals surface area contributed by atoms with Gasteiger partial charge in [-0.15, -0.1) is 11.8 Å². The van der Waals surface area contributed by atoms with E-state index in [0.29, 0.717) is 38.0 Å². The second-order valence-electron chi connectivity index (χ2n) is 7.28. The van der Waals surface area contributed by atoms with Crippen LogP contribution < -0.4 is 8.61 Å². The van der Waals surface area contributed by atoms with Gasteiger partial charge in [-0.2, -0.15) is 8.42 Å². The molecule has 0 aromatic heterocycles. The minimum atomic E-state index is -3.55. The number of likely N-dealkylation sites (tertiary alicyclic amines) is 1. The van der Waals surface area contributed by atoms with Gasteiger partial charge in [0.15, 0.2) is 0 Å². The zero-order valence-electron chi connectivity index (χ0n) is 16.4. The first-order chi connectivity index (χ1) is 14.0. The van der Waals surface area contributed by atoms with Crippen molar-refractivity contribution >= 4 is 39.3 Å². The number of thioether (sulfide) groups is 1. The number of para-hydroxylation sites is 2. The first kappa shape index (κ1) is 20.1. The van der Waals surface area contributed by atoms with Crippen molar-refractivity contribution in [1.82, 2.24) is 4.90 Å². The van der Waals surface area contributed by atoms with E-state index in [1.807, 2.05) is 59.5 Å². The first-order valence-electron chi connectivity index (χ1n) is 9.81. The molecule has 2 heterocycles. The van der Waals surface area contributed by atoms with Crippen molar-refractivity contribution in [3.8, 4) is 0 Å². The van der Waals surface area contributed by atoms with Gasteiger partial charge in [0.1, 0.15) is 0 Å². The Kier molecular flexibility index (Phi) is 5.74. The summed E-state index contributed by atoms with van der Waals surface area (Å²) in [6, 6.07) is 17.4. The summed E-state index contributed by atoms with van der Waals surface area (Å²) in [6.45, 7) is 1.19. The molecule has 0 unspecified atom stereocenters. The maximum Gasteiger partial charge on any atom is 0.326 e. The van der Waals surface area contributed by atoms with E-state index in [-0.39, 0.29) is 11.9 Å². The van der Waals surface area contributed by atoms with E-state index in [1.54, 1.807) is 23.1 Å². The molecule has 0 aliphatic carbocycles. The number of amides is 1. The van der Waals surface area contributed by atoms with Gasteiger partial charge in [-0.1, -0.05) is 30.3 Å². The lowest BCUT2D eigenvalue weighted by Gasteiger charge is -2.36. The van der Waals surface area contributed by atoms with E-state index in [1.165, 1.54) is 9.20 Å². The van der Waals surface area contributed by atoms with E-state index in [2.05, 4.69) is 0 Å². The molecule has 1 amide bonds. The standard InChI is InChI=1S/C21H25N3O3S2/c1-22-19-9-5-6-10-20(19)24(29(22,26)27)17-11-14-23(15-12-17)21(25)13-16-28-18-7-3-2-4-8-18/h2-10,17H,11-16H2,1H3. The number of fused-ring (bicyclic) bond motifs is 1. The SMILES string of the molecule is CN1c2ccccc2N(C2CCN(C(=O)CCSc3ccccc3)CC2)S1(=O)=O. The maximum absolute atomic E-state index is 12.9. The fourth-order valence-electron chi connectivity index (χ4n) is 3.96. The first-order valence-corrected chi connectivity index (χ1v) is 12.2. The summed E-state index contributed by atoms with van der Waals surface area (Å²) in [4.78, 5) is 15.6. The lowest BCUT2D eigenvalue weighted by Crippen LogP contribution is -2.49. The molecule has 2 aromatic carbocycles. The number of benzene rings is 2. The molecule has 0 spiro atoms. The van der Waals surface area contributed by atoms with Gasteiger partial charge in [-0.3, -0.25) is 9.10 Å². The molecule has 2 aliphatic rings. The van der Waals surface area contributed by atoms with Crippen molar-refractivity contribution in [2.24, 2.45) is 0 Å². The summed E-state index contributed by atoms with van der Waals surface area (Å²) in [6.07, 6.45) is 1.80. The summed E-state index contributed by atoms with van der Waals surface area (Å²) in [7, 11) is -1.95. The van der Waals surface area contributed by atoms with E-state index in [9.17, 15) is 13.2 Å². The highest BCUT2D eigenvalue weighted by Crippen LogP contribution is 2.42. The molecule has 2 aliphatic heterocycles. The highest BCUT2D eigenvalue weighted by molar-refractivity contribution is 7.99. The molecule has 4 rings (SSSR count). The number of piperidine rings is 1. The Bertz CT molecular complexity index is 974. The number of anilines is 2. The van der Waals surface area contributed by atoms with Crippen LogP contribution in [0.2, 0.25) is 0 Å². The van der Waals surface area contributed by atoms with Gasteiger partial charge in [-0.25, -0.2) is 4.31 Å². The second kappa shape index (κ2) is 8.28. The minimum absolute atomic E-state index is 0.117. The molecule has 1 fully saturated rings.